The number of hydrogen-bond acceptors (Lipinski definition) is 3. The monoisotopic (exact) mass is 437 g/mol. The summed E-state index contributed by atoms with van der Waals surface area (Å²) in [6, 6.07) is 0. The summed E-state index contributed by atoms with van der Waals surface area (Å²) in [4.78, 5) is 6.77. The minimum Gasteiger partial charge on any atom is -0.370 e. The second-order valence-corrected chi connectivity index (χ2v) is 7.51. The third-order valence-electron chi connectivity index (χ3n) is 5.51. The second-order valence-electron chi connectivity index (χ2n) is 7.51. The van der Waals surface area contributed by atoms with Crippen LogP contribution in [0.1, 0.15) is 52.4 Å². The predicted molar refractivity (Wildman–Crippen MR) is 103 cm³/mol. The van der Waals surface area contributed by atoms with Gasteiger partial charge < -0.3 is 20.1 Å². The van der Waals surface area contributed by atoms with Crippen LogP contribution in [0, 0.1) is 11.8 Å². The van der Waals surface area contributed by atoms with Gasteiger partial charge in [-0.05, 0) is 37.5 Å². The van der Waals surface area contributed by atoms with E-state index in [9.17, 15) is 0 Å². The molecule has 1 aliphatic carbocycles. The number of likely N-dealkylation sites (tertiary alicyclic amines) is 1. The van der Waals surface area contributed by atoms with Gasteiger partial charge in [-0.25, -0.2) is 0 Å². The summed E-state index contributed by atoms with van der Waals surface area (Å²) in [5, 5.41) is 0. The fraction of sp³-hybridized carbons (Fsp3) is 0.941. The van der Waals surface area contributed by atoms with Crippen molar-refractivity contribution >= 4 is 29.9 Å². The van der Waals surface area contributed by atoms with Crippen molar-refractivity contribution in [1.82, 2.24) is 4.90 Å². The van der Waals surface area contributed by atoms with Gasteiger partial charge in [-0.1, -0.05) is 13.8 Å². The van der Waals surface area contributed by atoms with Gasteiger partial charge in [0.05, 0.1) is 13.2 Å². The van der Waals surface area contributed by atoms with Crippen molar-refractivity contribution in [2.24, 2.45) is 22.6 Å². The summed E-state index contributed by atoms with van der Waals surface area (Å²) in [5.74, 6) is 1.96. The van der Waals surface area contributed by atoms with Crippen molar-refractivity contribution in [3.63, 3.8) is 0 Å². The topological polar surface area (TPSA) is 60.1 Å². The Balaban J connectivity index is 0.00000192. The standard InChI is InChI=1S/C17H31N3O2.HI/c1-13-3-7-17(8-4-13)21-12-15(22-17)11-19-16(18)20-9-5-14(2)6-10-20;/h13-15H,3-12H2,1-2H3,(H2,18,19);1H. The normalized spacial score (nSPS) is 36.3. The number of hydrogen-bond donors (Lipinski definition) is 1. The molecular weight excluding hydrogens is 405 g/mol. The molecule has 5 nitrogen and oxygen atoms in total. The molecule has 0 aromatic rings. The number of nitrogens with zero attached hydrogens (tertiary/aromatic N) is 2. The van der Waals surface area contributed by atoms with Gasteiger partial charge in [0.25, 0.3) is 0 Å². The van der Waals surface area contributed by atoms with Crippen LogP contribution in [-0.4, -0.2) is 49.0 Å². The molecule has 134 valence electrons. The fourth-order valence-electron chi connectivity index (χ4n) is 3.70. The van der Waals surface area contributed by atoms with Crippen molar-refractivity contribution in [3.05, 3.63) is 0 Å². The lowest BCUT2D eigenvalue weighted by atomic mass is 9.86. The number of halogens is 1. The van der Waals surface area contributed by atoms with Gasteiger partial charge in [0.15, 0.2) is 11.7 Å². The van der Waals surface area contributed by atoms with Crippen LogP contribution in [0.3, 0.4) is 0 Å². The van der Waals surface area contributed by atoms with Crippen LogP contribution in [-0.2, 0) is 9.47 Å². The molecule has 0 aromatic heterocycles. The number of nitrogens with two attached hydrogens (primary N) is 1. The average Bonchev–Trinajstić information content (AvgIpc) is 2.92. The van der Waals surface area contributed by atoms with Gasteiger partial charge in [-0.2, -0.15) is 0 Å². The van der Waals surface area contributed by atoms with Crippen LogP contribution in [0.25, 0.3) is 0 Å². The average molecular weight is 437 g/mol. The number of aliphatic imine (C=N–C) groups is 1. The van der Waals surface area contributed by atoms with Crippen LogP contribution >= 0.6 is 24.0 Å². The Hall–Kier alpha value is -0.0800. The lowest BCUT2D eigenvalue weighted by Gasteiger charge is -2.34. The highest BCUT2D eigenvalue weighted by Gasteiger charge is 2.43. The molecule has 0 aromatic carbocycles. The van der Waals surface area contributed by atoms with E-state index in [0.29, 0.717) is 19.1 Å². The van der Waals surface area contributed by atoms with E-state index < -0.39 is 0 Å². The third kappa shape index (κ3) is 4.95. The van der Waals surface area contributed by atoms with E-state index in [2.05, 4.69) is 23.7 Å². The van der Waals surface area contributed by atoms with Crippen LogP contribution in [0.15, 0.2) is 4.99 Å². The zero-order valence-electron chi connectivity index (χ0n) is 14.5. The smallest absolute Gasteiger partial charge is 0.191 e. The molecule has 2 saturated heterocycles. The summed E-state index contributed by atoms with van der Waals surface area (Å²) in [7, 11) is 0. The minimum absolute atomic E-state index is 0. The molecule has 0 bridgehead atoms. The molecule has 2 aliphatic heterocycles. The lowest BCUT2D eigenvalue weighted by Crippen LogP contribution is -2.43. The van der Waals surface area contributed by atoms with Gasteiger partial charge in [0.2, 0.25) is 0 Å². The number of piperidine rings is 1. The SMILES string of the molecule is CC1CCN(C(N)=NCC2COC3(CCC(C)CC3)O2)CC1.I. The Morgan fingerprint density at radius 1 is 1.13 bits per heavy atom. The number of ether oxygens (including phenoxy) is 2. The Morgan fingerprint density at radius 3 is 2.39 bits per heavy atom. The molecule has 3 aliphatic rings. The van der Waals surface area contributed by atoms with Crippen LogP contribution in [0.5, 0.6) is 0 Å². The first kappa shape index (κ1) is 19.2. The Morgan fingerprint density at radius 2 is 1.74 bits per heavy atom. The molecule has 2 N–H and O–H groups in total. The van der Waals surface area contributed by atoms with Crippen LogP contribution in [0.2, 0.25) is 0 Å². The predicted octanol–water partition coefficient (Wildman–Crippen LogP) is 2.97. The molecule has 2 heterocycles. The zero-order valence-corrected chi connectivity index (χ0v) is 16.8. The van der Waals surface area contributed by atoms with Gasteiger partial charge in [-0.3, -0.25) is 4.99 Å². The molecule has 0 amide bonds. The van der Waals surface area contributed by atoms with Gasteiger partial charge in [-0.15, -0.1) is 24.0 Å². The van der Waals surface area contributed by atoms with E-state index in [1.807, 2.05) is 0 Å². The van der Waals surface area contributed by atoms with Crippen molar-refractivity contribution in [3.8, 4) is 0 Å². The highest BCUT2D eigenvalue weighted by molar-refractivity contribution is 14.0. The quantitative estimate of drug-likeness (QED) is 0.410. The Labute approximate surface area is 157 Å². The summed E-state index contributed by atoms with van der Waals surface area (Å²) in [5.41, 5.74) is 6.14. The van der Waals surface area contributed by atoms with E-state index >= 15 is 0 Å². The van der Waals surface area contributed by atoms with E-state index in [-0.39, 0.29) is 35.9 Å². The second kappa shape index (κ2) is 8.34. The van der Waals surface area contributed by atoms with Gasteiger partial charge >= 0.3 is 0 Å². The highest BCUT2D eigenvalue weighted by Crippen LogP contribution is 2.39. The van der Waals surface area contributed by atoms with E-state index in [1.165, 1.54) is 25.7 Å². The minimum atomic E-state index is -0.317. The van der Waals surface area contributed by atoms with Crippen molar-refractivity contribution < 1.29 is 9.47 Å². The number of rotatable bonds is 2. The van der Waals surface area contributed by atoms with E-state index in [0.717, 1.165) is 37.8 Å². The molecule has 1 saturated carbocycles. The summed E-state index contributed by atoms with van der Waals surface area (Å²) < 4.78 is 12.2. The first-order chi connectivity index (χ1) is 10.6. The Bertz CT molecular complexity index is 403. The lowest BCUT2D eigenvalue weighted by molar-refractivity contribution is -0.190. The maximum atomic E-state index is 6.19. The third-order valence-corrected chi connectivity index (χ3v) is 5.51. The molecule has 0 radical (unpaired) electrons. The largest absolute Gasteiger partial charge is 0.370 e. The van der Waals surface area contributed by atoms with Crippen molar-refractivity contribution in [2.45, 2.75) is 64.3 Å². The first-order valence-electron chi connectivity index (χ1n) is 8.93. The summed E-state index contributed by atoms with van der Waals surface area (Å²) in [6.45, 7) is 7.95. The van der Waals surface area contributed by atoms with Crippen LogP contribution in [0.4, 0.5) is 0 Å². The zero-order chi connectivity index (χ0) is 15.6. The van der Waals surface area contributed by atoms with E-state index in [1.54, 1.807) is 0 Å². The van der Waals surface area contributed by atoms with E-state index in [4.69, 9.17) is 15.2 Å². The van der Waals surface area contributed by atoms with Gasteiger partial charge in [0.1, 0.15) is 6.10 Å². The molecule has 23 heavy (non-hydrogen) atoms. The maximum absolute atomic E-state index is 6.19. The summed E-state index contributed by atoms with van der Waals surface area (Å²) in [6.07, 6.45) is 6.92. The molecule has 1 atom stereocenters. The molecule has 1 unspecified atom stereocenters. The van der Waals surface area contributed by atoms with Gasteiger partial charge in [0, 0.05) is 25.9 Å². The summed E-state index contributed by atoms with van der Waals surface area (Å²) >= 11 is 0. The number of guanidine groups is 1. The van der Waals surface area contributed by atoms with Crippen LogP contribution < -0.4 is 5.73 Å². The molecule has 3 rings (SSSR count). The van der Waals surface area contributed by atoms with Crippen molar-refractivity contribution in [2.75, 3.05) is 26.2 Å². The molecule has 6 heteroatoms. The first-order valence-corrected chi connectivity index (χ1v) is 8.93. The highest BCUT2D eigenvalue weighted by atomic mass is 127. The molecule has 1 spiro atoms. The molecular formula is C17H32IN3O2. The maximum Gasteiger partial charge on any atom is 0.191 e. The molecule has 3 fully saturated rings. The Kier molecular flexibility index (Phi) is 6.98. The van der Waals surface area contributed by atoms with Crippen molar-refractivity contribution in [1.29, 1.82) is 0 Å². The fourth-order valence-corrected chi connectivity index (χ4v) is 3.70.